The van der Waals surface area contributed by atoms with Gasteiger partial charge < -0.3 is 10.4 Å². The highest BCUT2D eigenvalue weighted by molar-refractivity contribution is 7.92. The Balaban J connectivity index is 1.68. The van der Waals surface area contributed by atoms with E-state index in [4.69, 9.17) is 5.11 Å². The van der Waals surface area contributed by atoms with E-state index >= 15 is 0 Å². The summed E-state index contributed by atoms with van der Waals surface area (Å²) in [5.41, 5.74) is 2.07. The van der Waals surface area contributed by atoms with Gasteiger partial charge in [-0.15, -0.1) is 0 Å². The molecule has 0 aliphatic heterocycles. The zero-order chi connectivity index (χ0) is 20.9. The van der Waals surface area contributed by atoms with Crippen LogP contribution in [-0.2, 0) is 16.4 Å². The maximum atomic E-state index is 12.9. The summed E-state index contributed by atoms with van der Waals surface area (Å²) in [7, 11) is -3.86. The Hall–Kier alpha value is -3.23. The molecule has 0 atom stereocenters. The second-order valence-corrected chi connectivity index (χ2v) is 7.94. The number of nitrogens with one attached hydrogen (secondary N) is 2. The van der Waals surface area contributed by atoms with Gasteiger partial charge in [0.25, 0.3) is 15.9 Å². The Bertz CT molecular complexity index is 1080. The number of benzene rings is 3. The first-order valence-corrected chi connectivity index (χ1v) is 10.3. The molecule has 3 aromatic carbocycles. The van der Waals surface area contributed by atoms with Crippen LogP contribution in [0.3, 0.4) is 0 Å². The van der Waals surface area contributed by atoms with Crippen molar-refractivity contribution in [3.63, 3.8) is 0 Å². The summed E-state index contributed by atoms with van der Waals surface area (Å²) >= 11 is 0. The summed E-state index contributed by atoms with van der Waals surface area (Å²) in [6.45, 7) is 0.0526. The van der Waals surface area contributed by atoms with Crippen LogP contribution in [0, 0.1) is 5.82 Å². The third kappa shape index (κ3) is 5.40. The molecular formula is C21H19FN2O4S. The normalized spacial score (nSPS) is 11.1. The maximum Gasteiger partial charge on any atom is 0.261 e. The highest BCUT2D eigenvalue weighted by atomic mass is 32.2. The molecule has 6 nitrogen and oxygen atoms in total. The highest BCUT2D eigenvalue weighted by Crippen LogP contribution is 2.18. The molecule has 8 heteroatoms. The van der Waals surface area contributed by atoms with Gasteiger partial charge in [0.1, 0.15) is 5.82 Å². The molecule has 3 rings (SSSR count). The molecule has 0 saturated carbocycles. The molecule has 3 N–H and O–H groups in total. The zero-order valence-corrected chi connectivity index (χ0v) is 16.1. The number of carbonyl (C=O) groups is 1. The predicted octanol–water partition coefficient (Wildman–Crippen LogP) is 3.41. The first kappa shape index (κ1) is 20.5. The molecule has 0 heterocycles. The first-order valence-electron chi connectivity index (χ1n) is 8.77. The molecular weight excluding hydrogens is 395 g/mol. The fourth-order valence-electron chi connectivity index (χ4n) is 2.60. The van der Waals surface area contributed by atoms with E-state index in [0.29, 0.717) is 17.7 Å². The van der Waals surface area contributed by atoms with Crippen LogP contribution in [-0.4, -0.2) is 26.0 Å². The predicted molar refractivity (Wildman–Crippen MR) is 109 cm³/mol. The van der Waals surface area contributed by atoms with Gasteiger partial charge in [-0.25, -0.2) is 12.8 Å². The van der Waals surface area contributed by atoms with Crippen LogP contribution < -0.4 is 10.0 Å². The summed E-state index contributed by atoms with van der Waals surface area (Å²) in [5, 5.41) is 11.7. The van der Waals surface area contributed by atoms with Crippen LogP contribution in [0.25, 0.3) is 0 Å². The summed E-state index contributed by atoms with van der Waals surface area (Å²) in [6, 6.07) is 17.5. The van der Waals surface area contributed by atoms with E-state index in [1.165, 1.54) is 36.4 Å². The van der Waals surface area contributed by atoms with E-state index < -0.39 is 15.8 Å². The molecule has 0 saturated heterocycles. The van der Waals surface area contributed by atoms with Crippen molar-refractivity contribution in [2.45, 2.75) is 11.3 Å². The van der Waals surface area contributed by atoms with Crippen LogP contribution in [0.2, 0.25) is 0 Å². The second-order valence-electron chi connectivity index (χ2n) is 6.26. The van der Waals surface area contributed by atoms with Crippen molar-refractivity contribution in [2.75, 3.05) is 16.6 Å². The SMILES string of the molecule is O=C(Nc1ccc(CCO)cc1)c1ccc(S(=O)(=O)Nc2ccc(F)cc2)cc1. The number of hydrogen-bond acceptors (Lipinski definition) is 4. The third-order valence-electron chi connectivity index (χ3n) is 4.14. The average Bonchev–Trinajstić information content (AvgIpc) is 2.71. The molecule has 0 aliphatic carbocycles. The number of sulfonamides is 1. The van der Waals surface area contributed by atoms with Crippen LogP contribution in [0.15, 0.2) is 77.7 Å². The van der Waals surface area contributed by atoms with Crippen LogP contribution in [0.1, 0.15) is 15.9 Å². The van der Waals surface area contributed by atoms with Gasteiger partial charge in [0, 0.05) is 23.5 Å². The summed E-state index contributed by atoms with van der Waals surface area (Å²) in [4.78, 5) is 12.3. The quantitative estimate of drug-likeness (QED) is 0.552. The lowest BCUT2D eigenvalue weighted by atomic mass is 10.1. The van der Waals surface area contributed by atoms with Gasteiger partial charge in [-0.2, -0.15) is 0 Å². The zero-order valence-electron chi connectivity index (χ0n) is 15.3. The fourth-order valence-corrected chi connectivity index (χ4v) is 3.66. The van der Waals surface area contributed by atoms with Crippen LogP contribution >= 0.6 is 0 Å². The van der Waals surface area contributed by atoms with E-state index in [-0.39, 0.29) is 23.1 Å². The third-order valence-corrected chi connectivity index (χ3v) is 5.53. The molecule has 0 spiro atoms. The Morgan fingerprint density at radius 3 is 2.03 bits per heavy atom. The van der Waals surface area contributed by atoms with Gasteiger partial charge in [-0.3, -0.25) is 9.52 Å². The number of rotatable bonds is 7. The van der Waals surface area contributed by atoms with Gasteiger partial charge in [-0.05, 0) is 72.6 Å². The minimum atomic E-state index is -3.86. The van der Waals surface area contributed by atoms with Crippen molar-refractivity contribution in [1.29, 1.82) is 0 Å². The van der Waals surface area contributed by atoms with Gasteiger partial charge >= 0.3 is 0 Å². The largest absolute Gasteiger partial charge is 0.396 e. The second kappa shape index (κ2) is 8.85. The lowest BCUT2D eigenvalue weighted by molar-refractivity contribution is 0.102. The van der Waals surface area contributed by atoms with E-state index in [9.17, 15) is 17.6 Å². The van der Waals surface area contributed by atoms with Crippen molar-refractivity contribution in [3.05, 3.63) is 89.7 Å². The summed E-state index contributed by atoms with van der Waals surface area (Å²) in [6.07, 6.45) is 0.538. The number of carbonyl (C=O) groups excluding carboxylic acids is 1. The minimum Gasteiger partial charge on any atom is -0.396 e. The van der Waals surface area contributed by atoms with Gasteiger partial charge in [0.05, 0.1) is 4.90 Å². The lowest BCUT2D eigenvalue weighted by Crippen LogP contribution is -2.15. The van der Waals surface area contributed by atoms with Crippen molar-refractivity contribution in [1.82, 2.24) is 0 Å². The summed E-state index contributed by atoms with van der Waals surface area (Å²) in [5.74, 6) is -0.846. The molecule has 0 aromatic heterocycles. The summed E-state index contributed by atoms with van der Waals surface area (Å²) < 4.78 is 40.1. The smallest absolute Gasteiger partial charge is 0.261 e. The molecule has 29 heavy (non-hydrogen) atoms. The van der Waals surface area contributed by atoms with Crippen LogP contribution in [0.5, 0.6) is 0 Å². The van der Waals surface area contributed by atoms with Gasteiger partial charge in [0.2, 0.25) is 0 Å². The first-order chi connectivity index (χ1) is 13.9. The lowest BCUT2D eigenvalue weighted by Gasteiger charge is -2.09. The molecule has 150 valence electrons. The number of aliphatic hydroxyl groups is 1. The molecule has 0 unspecified atom stereocenters. The molecule has 0 fully saturated rings. The fraction of sp³-hybridized carbons (Fsp3) is 0.0952. The number of anilines is 2. The maximum absolute atomic E-state index is 12.9. The Kier molecular flexibility index (Phi) is 6.26. The van der Waals surface area contributed by atoms with Crippen molar-refractivity contribution in [3.8, 4) is 0 Å². The van der Waals surface area contributed by atoms with E-state index in [2.05, 4.69) is 10.0 Å². The minimum absolute atomic E-state index is 0.0215. The van der Waals surface area contributed by atoms with Crippen LogP contribution in [0.4, 0.5) is 15.8 Å². The van der Waals surface area contributed by atoms with E-state index in [1.54, 1.807) is 12.1 Å². The molecule has 0 aliphatic rings. The number of amides is 1. The number of hydrogen-bond donors (Lipinski definition) is 3. The van der Waals surface area contributed by atoms with Crippen molar-refractivity contribution >= 4 is 27.3 Å². The topological polar surface area (TPSA) is 95.5 Å². The molecule has 1 amide bonds. The van der Waals surface area contributed by atoms with E-state index in [1.807, 2.05) is 12.1 Å². The Morgan fingerprint density at radius 2 is 1.45 bits per heavy atom. The standard InChI is InChI=1S/C21H19FN2O4S/c22-17-5-9-19(10-6-17)24-29(27,28)20-11-3-16(4-12-20)21(26)23-18-7-1-15(2-8-18)13-14-25/h1-12,24-25H,13-14H2,(H,23,26). The van der Waals surface area contributed by atoms with Crippen molar-refractivity contribution < 1.29 is 22.7 Å². The Morgan fingerprint density at radius 1 is 0.862 bits per heavy atom. The van der Waals surface area contributed by atoms with Gasteiger partial charge in [-0.1, -0.05) is 12.1 Å². The number of halogens is 1. The molecule has 0 bridgehead atoms. The molecule has 3 aromatic rings. The average molecular weight is 414 g/mol. The molecule has 0 radical (unpaired) electrons. The monoisotopic (exact) mass is 414 g/mol. The van der Waals surface area contributed by atoms with E-state index in [0.717, 1.165) is 17.7 Å². The highest BCUT2D eigenvalue weighted by Gasteiger charge is 2.15. The number of aliphatic hydroxyl groups excluding tert-OH is 1. The van der Waals surface area contributed by atoms with Crippen molar-refractivity contribution in [2.24, 2.45) is 0 Å². The van der Waals surface area contributed by atoms with Gasteiger partial charge in [0.15, 0.2) is 0 Å². The Labute approximate surface area is 168 Å².